The van der Waals surface area contributed by atoms with Crippen LogP contribution in [0.2, 0.25) is 0 Å². The Labute approximate surface area is 130 Å². The molecule has 0 atom stereocenters. The Morgan fingerprint density at radius 3 is 2.50 bits per heavy atom. The number of hydrogen-bond acceptors (Lipinski definition) is 3. The van der Waals surface area contributed by atoms with E-state index in [0.717, 1.165) is 5.69 Å². The van der Waals surface area contributed by atoms with Gasteiger partial charge in [0, 0.05) is 37.8 Å². The number of para-hydroxylation sites is 1. The zero-order valence-electron chi connectivity index (χ0n) is 12.6. The minimum Gasteiger partial charge on any atom is -0.396 e. The second-order valence-corrected chi connectivity index (χ2v) is 5.43. The molecule has 0 saturated carbocycles. The highest BCUT2D eigenvalue weighted by atomic mass is 16.3. The second kappa shape index (κ2) is 8.38. The second-order valence-electron chi connectivity index (χ2n) is 5.43. The molecule has 1 aliphatic rings. The highest BCUT2D eigenvalue weighted by Crippen LogP contribution is 2.18. The van der Waals surface area contributed by atoms with Crippen molar-refractivity contribution in [1.82, 2.24) is 10.2 Å². The molecule has 6 nitrogen and oxygen atoms in total. The van der Waals surface area contributed by atoms with Crippen LogP contribution < -0.4 is 10.6 Å². The minimum absolute atomic E-state index is 0.0246. The maximum atomic E-state index is 12.1. The number of carbonyl (C=O) groups is 2. The Bertz CT molecular complexity index is 485. The Hall–Kier alpha value is -2.08. The van der Waals surface area contributed by atoms with E-state index in [9.17, 15) is 9.59 Å². The molecule has 0 aromatic heterocycles. The number of amides is 3. The largest absolute Gasteiger partial charge is 0.396 e. The molecule has 1 aliphatic heterocycles. The molecule has 22 heavy (non-hydrogen) atoms. The molecule has 0 spiro atoms. The molecule has 1 heterocycles. The van der Waals surface area contributed by atoms with Gasteiger partial charge < -0.3 is 20.6 Å². The van der Waals surface area contributed by atoms with E-state index in [1.807, 2.05) is 30.3 Å². The van der Waals surface area contributed by atoms with Crippen molar-refractivity contribution in [3.8, 4) is 0 Å². The Morgan fingerprint density at radius 1 is 1.18 bits per heavy atom. The first kappa shape index (κ1) is 16.3. The fourth-order valence-corrected chi connectivity index (χ4v) is 2.50. The third-order valence-electron chi connectivity index (χ3n) is 3.81. The standard InChI is InChI=1S/C16H23N3O3/c20-12-4-9-17-15(21)13-7-10-19(11-8-13)16(22)18-14-5-2-1-3-6-14/h1-3,5-6,13,20H,4,7-12H2,(H,17,21)(H,18,22). The van der Waals surface area contributed by atoms with Gasteiger partial charge in [-0.2, -0.15) is 0 Å². The summed E-state index contributed by atoms with van der Waals surface area (Å²) in [4.78, 5) is 25.8. The monoisotopic (exact) mass is 305 g/mol. The molecule has 1 fully saturated rings. The van der Waals surface area contributed by atoms with Crippen molar-refractivity contribution >= 4 is 17.6 Å². The SMILES string of the molecule is O=C(NCCCO)C1CCN(C(=O)Nc2ccccc2)CC1. The number of aliphatic hydroxyl groups is 1. The number of urea groups is 1. The molecule has 1 aromatic carbocycles. The van der Waals surface area contributed by atoms with E-state index in [4.69, 9.17) is 5.11 Å². The minimum atomic E-state index is -0.120. The molecule has 1 aromatic rings. The van der Waals surface area contributed by atoms with E-state index in [0.29, 0.717) is 38.9 Å². The topological polar surface area (TPSA) is 81.7 Å². The summed E-state index contributed by atoms with van der Waals surface area (Å²) in [6.45, 7) is 1.75. The number of rotatable bonds is 5. The smallest absolute Gasteiger partial charge is 0.321 e. The zero-order valence-corrected chi connectivity index (χ0v) is 12.6. The van der Waals surface area contributed by atoms with E-state index in [1.54, 1.807) is 4.90 Å². The first-order valence-electron chi connectivity index (χ1n) is 7.70. The average Bonchev–Trinajstić information content (AvgIpc) is 2.56. The summed E-state index contributed by atoms with van der Waals surface area (Å²) >= 11 is 0. The van der Waals surface area contributed by atoms with Crippen LogP contribution in [0.3, 0.4) is 0 Å². The molecule has 0 radical (unpaired) electrons. The van der Waals surface area contributed by atoms with E-state index in [2.05, 4.69) is 10.6 Å². The van der Waals surface area contributed by atoms with E-state index >= 15 is 0 Å². The van der Waals surface area contributed by atoms with Gasteiger partial charge in [0.15, 0.2) is 0 Å². The number of benzene rings is 1. The lowest BCUT2D eigenvalue weighted by Crippen LogP contribution is -2.44. The van der Waals surface area contributed by atoms with Crippen LogP contribution in [0.25, 0.3) is 0 Å². The Morgan fingerprint density at radius 2 is 1.86 bits per heavy atom. The predicted octanol–water partition coefficient (Wildman–Crippen LogP) is 1.43. The first-order valence-corrected chi connectivity index (χ1v) is 7.70. The number of anilines is 1. The van der Waals surface area contributed by atoms with E-state index in [1.165, 1.54) is 0 Å². The lowest BCUT2D eigenvalue weighted by Gasteiger charge is -2.31. The summed E-state index contributed by atoms with van der Waals surface area (Å²) in [7, 11) is 0. The van der Waals surface area contributed by atoms with Gasteiger partial charge in [-0.15, -0.1) is 0 Å². The van der Waals surface area contributed by atoms with E-state index in [-0.39, 0.29) is 24.5 Å². The van der Waals surface area contributed by atoms with Crippen molar-refractivity contribution in [3.05, 3.63) is 30.3 Å². The summed E-state index contributed by atoms with van der Waals surface area (Å²) in [5.74, 6) is -0.0176. The van der Waals surface area contributed by atoms with Crippen LogP contribution in [0.4, 0.5) is 10.5 Å². The molecule has 3 N–H and O–H groups in total. The third-order valence-corrected chi connectivity index (χ3v) is 3.81. The fraction of sp³-hybridized carbons (Fsp3) is 0.500. The number of carbonyl (C=O) groups excluding carboxylic acids is 2. The molecule has 6 heteroatoms. The molecule has 0 unspecified atom stereocenters. The molecule has 2 rings (SSSR count). The number of nitrogens with one attached hydrogen (secondary N) is 2. The quantitative estimate of drug-likeness (QED) is 0.720. The van der Waals surface area contributed by atoms with Crippen molar-refractivity contribution in [2.24, 2.45) is 5.92 Å². The number of piperidine rings is 1. The van der Waals surface area contributed by atoms with Crippen molar-refractivity contribution < 1.29 is 14.7 Å². The molecular weight excluding hydrogens is 282 g/mol. The first-order chi connectivity index (χ1) is 10.7. The number of likely N-dealkylation sites (tertiary alicyclic amines) is 1. The van der Waals surface area contributed by atoms with Gasteiger partial charge in [0.25, 0.3) is 0 Å². The molecule has 0 aliphatic carbocycles. The van der Waals surface area contributed by atoms with Crippen LogP contribution in [0.5, 0.6) is 0 Å². The van der Waals surface area contributed by atoms with Crippen molar-refractivity contribution in [1.29, 1.82) is 0 Å². The summed E-state index contributed by atoms with van der Waals surface area (Å²) in [5, 5.41) is 14.4. The molecule has 3 amide bonds. The molecule has 0 bridgehead atoms. The predicted molar refractivity (Wildman–Crippen MR) is 84.5 cm³/mol. The average molecular weight is 305 g/mol. The molecular formula is C16H23N3O3. The lowest BCUT2D eigenvalue weighted by molar-refractivity contribution is -0.126. The van der Waals surface area contributed by atoms with Gasteiger partial charge in [-0.3, -0.25) is 4.79 Å². The summed E-state index contributed by atoms with van der Waals surface area (Å²) < 4.78 is 0. The normalized spacial score (nSPS) is 15.4. The van der Waals surface area contributed by atoms with Crippen molar-refractivity contribution in [3.63, 3.8) is 0 Å². The maximum Gasteiger partial charge on any atom is 0.321 e. The van der Waals surface area contributed by atoms with Crippen LogP contribution in [0.15, 0.2) is 30.3 Å². The van der Waals surface area contributed by atoms with Crippen LogP contribution >= 0.6 is 0 Å². The highest BCUT2D eigenvalue weighted by Gasteiger charge is 2.27. The van der Waals surface area contributed by atoms with Gasteiger partial charge in [0.2, 0.25) is 5.91 Å². The number of aliphatic hydroxyl groups excluding tert-OH is 1. The Balaban J connectivity index is 1.74. The molecule has 120 valence electrons. The van der Waals surface area contributed by atoms with Gasteiger partial charge in [0.1, 0.15) is 0 Å². The van der Waals surface area contributed by atoms with E-state index < -0.39 is 0 Å². The summed E-state index contributed by atoms with van der Waals surface area (Å²) in [5.41, 5.74) is 0.774. The van der Waals surface area contributed by atoms with Gasteiger partial charge >= 0.3 is 6.03 Å². The zero-order chi connectivity index (χ0) is 15.8. The summed E-state index contributed by atoms with van der Waals surface area (Å²) in [6.07, 6.45) is 1.92. The van der Waals surface area contributed by atoms with Gasteiger partial charge in [-0.1, -0.05) is 18.2 Å². The highest BCUT2D eigenvalue weighted by molar-refractivity contribution is 5.89. The molecule has 1 saturated heterocycles. The third kappa shape index (κ3) is 4.73. The Kier molecular flexibility index (Phi) is 6.21. The van der Waals surface area contributed by atoms with Gasteiger partial charge in [0.05, 0.1) is 0 Å². The van der Waals surface area contributed by atoms with Gasteiger partial charge in [-0.25, -0.2) is 4.79 Å². The summed E-state index contributed by atoms with van der Waals surface area (Å²) in [6, 6.07) is 9.22. The lowest BCUT2D eigenvalue weighted by atomic mass is 9.96. The fourth-order valence-electron chi connectivity index (χ4n) is 2.50. The van der Waals surface area contributed by atoms with Crippen LogP contribution in [-0.4, -0.2) is 48.2 Å². The number of nitrogens with zero attached hydrogens (tertiary/aromatic N) is 1. The van der Waals surface area contributed by atoms with Gasteiger partial charge in [-0.05, 0) is 31.4 Å². The maximum absolute atomic E-state index is 12.1. The van der Waals surface area contributed by atoms with Crippen LogP contribution in [-0.2, 0) is 4.79 Å². The van der Waals surface area contributed by atoms with Crippen LogP contribution in [0.1, 0.15) is 19.3 Å². The number of hydrogen-bond donors (Lipinski definition) is 3. The van der Waals surface area contributed by atoms with Crippen molar-refractivity contribution in [2.75, 3.05) is 31.6 Å². The van der Waals surface area contributed by atoms with Crippen LogP contribution in [0, 0.1) is 5.92 Å². The van der Waals surface area contributed by atoms with Crippen molar-refractivity contribution in [2.45, 2.75) is 19.3 Å².